The standard InChI is InChI=1S/C35H41N5O6/c1-21(2)16-29(33(43)40-31(35(45)46)19-24-20-37-28-11-7-6-10-26(24)28)39-34(44)30(18-23-12-14-25(41)15-13-23)38-32(42)27(36)17-22-8-4-3-5-9-22/h3-15,20-21,27,29-31,37,41H,16-19,36H2,1-2H3,(H,38,42)(H,39,44)(H,40,43)(H,45,46). The lowest BCUT2D eigenvalue weighted by Crippen LogP contribution is -2.58. The molecule has 0 aliphatic rings. The van der Waals surface area contributed by atoms with Gasteiger partial charge in [0.25, 0.3) is 0 Å². The maximum atomic E-state index is 13.7. The summed E-state index contributed by atoms with van der Waals surface area (Å²) in [7, 11) is 0. The maximum Gasteiger partial charge on any atom is 0.326 e. The van der Waals surface area contributed by atoms with Crippen LogP contribution in [0.4, 0.5) is 0 Å². The fourth-order valence-corrected chi connectivity index (χ4v) is 5.28. The summed E-state index contributed by atoms with van der Waals surface area (Å²) in [4.78, 5) is 55.8. The van der Waals surface area contributed by atoms with E-state index >= 15 is 0 Å². The fourth-order valence-electron chi connectivity index (χ4n) is 5.28. The number of phenolic OH excluding ortho intramolecular Hbond substituents is 1. The lowest BCUT2D eigenvalue weighted by Gasteiger charge is -2.26. The Balaban J connectivity index is 1.50. The topological polar surface area (TPSA) is 187 Å². The highest BCUT2D eigenvalue weighted by molar-refractivity contribution is 5.94. The number of H-pyrrole nitrogens is 1. The molecule has 242 valence electrons. The van der Waals surface area contributed by atoms with Crippen LogP contribution in [0, 0.1) is 5.92 Å². The third kappa shape index (κ3) is 9.42. The minimum absolute atomic E-state index is 0.0302. The first-order valence-corrected chi connectivity index (χ1v) is 15.3. The van der Waals surface area contributed by atoms with Crippen molar-refractivity contribution in [3.05, 3.63) is 102 Å². The number of aromatic amines is 1. The van der Waals surface area contributed by atoms with Crippen molar-refractivity contribution in [3.8, 4) is 5.75 Å². The van der Waals surface area contributed by atoms with Crippen LogP contribution in [0.25, 0.3) is 10.9 Å². The Morgan fingerprint density at radius 3 is 1.98 bits per heavy atom. The summed E-state index contributed by atoms with van der Waals surface area (Å²) in [5.41, 5.74) is 9.30. The number of aliphatic carboxylic acids is 1. The van der Waals surface area contributed by atoms with E-state index in [2.05, 4.69) is 20.9 Å². The number of aromatic hydroxyl groups is 1. The van der Waals surface area contributed by atoms with Crippen molar-refractivity contribution in [3.63, 3.8) is 0 Å². The molecule has 0 saturated carbocycles. The number of carbonyl (C=O) groups excluding carboxylic acids is 3. The Labute approximate surface area is 267 Å². The van der Waals surface area contributed by atoms with E-state index in [-0.39, 0.29) is 37.4 Å². The van der Waals surface area contributed by atoms with Crippen molar-refractivity contribution in [1.29, 1.82) is 0 Å². The lowest BCUT2D eigenvalue weighted by molar-refractivity contribution is -0.142. The monoisotopic (exact) mass is 627 g/mol. The molecule has 1 heterocycles. The highest BCUT2D eigenvalue weighted by atomic mass is 16.4. The molecule has 46 heavy (non-hydrogen) atoms. The molecule has 4 aromatic rings. The number of carbonyl (C=O) groups is 4. The van der Waals surface area contributed by atoms with Crippen LogP contribution in [-0.2, 0) is 38.4 Å². The molecule has 0 bridgehead atoms. The second kappa shape index (κ2) is 15.7. The SMILES string of the molecule is CC(C)CC(NC(=O)C(Cc1ccc(O)cc1)NC(=O)C(N)Cc1ccccc1)C(=O)NC(Cc1c[nH]c2ccccc12)C(=O)O. The van der Waals surface area contributed by atoms with E-state index in [9.17, 15) is 29.4 Å². The second-order valence-corrected chi connectivity index (χ2v) is 11.9. The van der Waals surface area contributed by atoms with E-state index < -0.39 is 47.9 Å². The lowest BCUT2D eigenvalue weighted by atomic mass is 9.99. The van der Waals surface area contributed by atoms with E-state index in [4.69, 9.17) is 5.73 Å². The van der Waals surface area contributed by atoms with Crippen LogP contribution < -0.4 is 21.7 Å². The smallest absolute Gasteiger partial charge is 0.326 e. The Bertz CT molecular complexity index is 1640. The molecule has 4 rings (SSSR count). The molecule has 0 radical (unpaired) electrons. The van der Waals surface area contributed by atoms with Gasteiger partial charge in [-0.15, -0.1) is 0 Å². The van der Waals surface area contributed by atoms with Gasteiger partial charge in [0, 0.05) is 29.9 Å². The number of hydrogen-bond donors (Lipinski definition) is 7. The Morgan fingerprint density at radius 2 is 1.30 bits per heavy atom. The van der Waals surface area contributed by atoms with Gasteiger partial charge in [-0.05, 0) is 53.6 Å². The second-order valence-electron chi connectivity index (χ2n) is 11.9. The molecule has 3 amide bonds. The summed E-state index contributed by atoms with van der Waals surface area (Å²) in [5, 5.41) is 28.6. The molecule has 0 aliphatic carbocycles. The van der Waals surface area contributed by atoms with Crippen LogP contribution in [0.1, 0.15) is 37.0 Å². The van der Waals surface area contributed by atoms with Crippen molar-refractivity contribution in [2.45, 2.75) is 63.7 Å². The molecule has 0 aliphatic heterocycles. The van der Waals surface area contributed by atoms with Gasteiger partial charge >= 0.3 is 5.97 Å². The normalized spacial score (nSPS) is 13.8. The largest absolute Gasteiger partial charge is 0.508 e. The van der Waals surface area contributed by atoms with E-state index in [1.807, 2.05) is 68.4 Å². The van der Waals surface area contributed by atoms with Gasteiger partial charge < -0.3 is 36.9 Å². The third-order valence-electron chi connectivity index (χ3n) is 7.70. The highest BCUT2D eigenvalue weighted by Crippen LogP contribution is 2.19. The van der Waals surface area contributed by atoms with Crippen molar-refractivity contribution < 1.29 is 29.4 Å². The Kier molecular flexibility index (Phi) is 11.5. The van der Waals surface area contributed by atoms with E-state index in [0.29, 0.717) is 5.56 Å². The highest BCUT2D eigenvalue weighted by Gasteiger charge is 2.31. The van der Waals surface area contributed by atoms with E-state index in [0.717, 1.165) is 22.0 Å². The van der Waals surface area contributed by atoms with Gasteiger partial charge in [0.15, 0.2) is 0 Å². The van der Waals surface area contributed by atoms with Gasteiger partial charge in [0.05, 0.1) is 6.04 Å². The van der Waals surface area contributed by atoms with Crippen LogP contribution in [0.15, 0.2) is 85.1 Å². The molecule has 11 heteroatoms. The van der Waals surface area contributed by atoms with Gasteiger partial charge in [-0.2, -0.15) is 0 Å². The number of para-hydroxylation sites is 1. The number of rotatable bonds is 15. The number of nitrogens with two attached hydrogens (primary N) is 1. The predicted octanol–water partition coefficient (Wildman–Crippen LogP) is 2.81. The average molecular weight is 628 g/mol. The summed E-state index contributed by atoms with van der Waals surface area (Å²) >= 11 is 0. The van der Waals surface area contributed by atoms with Crippen LogP contribution in [-0.4, -0.2) is 63.1 Å². The maximum absolute atomic E-state index is 13.7. The van der Waals surface area contributed by atoms with Crippen LogP contribution in [0.5, 0.6) is 5.75 Å². The summed E-state index contributed by atoms with van der Waals surface area (Å²) in [6.07, 6.45) is 2.30. The number of hydrogen-bond acceptors (Lipinski definition) is 6. The third-order valence-corrected chi connectivity index (χ3v) is 7.70. The number of aromatic nitrogens is 1. The molecule has 4 atom stereocenters. The number of fused-ring (bicyclic) bond motifs is 1. The molecule has 1 aromatic heterocycles. The van der Waals surface area contributed by atoms with Gasteiger partial charge in [-0.1, -0.05) is 74.5 Å². The summed E-state index contributed by atoms with van der Waals surface area (Å²) < 4.78 is 0. The Morgan fingerprint density at radius 1 is 0.717 bits per heavy atom. The Hall–Kier alpha value is -5.16. The van der Waals surface area contributed by atoms with Gasteiger partial charge in [0.1, 0.15) is 23.9 Å². The summed E-state index contributed by atoms with van der Waals surface area (Å²) in [5.74, 6) is -3.01. The number of carboxylic acid groups (broad SMARTS) is 1. The zero-order valence-electron chi connectivity index (χ0n) is 25.9. The minimum atomic E-state index is -1.25. The molecule has 0 spiro atoms. The summed E-state index contributed by atoms with van der Waals surface area (Å²) in [6, 6.07) is 18.6. The predicted molar refractivity (Wildman–Crippen MR) is 175 cm³/mol. The van der Waals surface area contributed by atoms with E-state index in [1.54, 1.807) is 18.3 Å². The van der Waals surface area contributed by atoms with Crippen molar-refractivity contribution in [2.24, 2.45) is 11.7 Å². The van der Waals surface area contributed by atoms with Gasteiger partial charge in [0.2, 0.25) is 17.7 Å². The molecular formula is C35H41N5O6. The van der Waals surface area contributed by atoms with Crippen molar-refractivity contribution >= 4 is 34.6 Å². The quantitative estimate of drug-likeness (QED) is 0.106. The summed E-state index contributed by atoms with van der Waals surface area (Å²) in [6.45, 7) is 3.76. The van der Waals surface area contributed by atoms with Crippen LogP contribution in [0.2, 0.25) is 0 Å². The molecule has 0 saturated heterocycles. The van der Waals surface area contributed by atoms with E-state index in [1.165, 1.54) is 12.1 Å². The first-order valence-electron chi connectivity index (χ1n) is 15.3. The molecule has 4 unspecified atom stereocenters. The molecule has 8 N–H and O–H groups in total. The van der Waals surface area contributed by atoms with Crippen LogP contribution >= 0.6 is 0 Å². The van der Waals surface area contributed by atoms with Crippen molar-refractivity contribution in [2.75, 3.05) is 0 Å². The van der Waals surface area contributed by atoms with Crippen molar-refractivity contribution in [1.82, 2.24) is 20.9 Å². The molecular weight excluding hydrogens is 586 g/mol. The number of benzene rings is 3. The minimum Gasteiger partial charge on any atom is -0.508 e. The average Bonchev–Trinajstić information content (AvgIpc) is 3.43. The molecule has 0 fully saturated rings. The zero-order valence-corrected chi connectivity index (χ0v) is 25.9. The number of carboxylic acids is 1. The first-order chi connectivity index (χ1) is 22.0. The number of amides is 3. The van der Waals surface area contributed by atoms with Gasteiger partial charge in [-0.3, -0.25) is 14.4 Å². The molecule has 11 nitrogen and oxygen atoms in total. The first kappa shape index (κ1) is 33.7. The number of phenols is 1. The molecule has 3 aromatic carbocycles. The number of nitrogens with one attached hydrogen (secondary N) is 4. The fraction of sp³-hybridized carbons (Fsp3) is 0.314. The van der Waals surface area contributed by atoms with Gasteiger partial charge in [-0.25, -0.2) is 4.79 Å². The van der Waals surface area contributed by atoms with Crippen LogP contribution in [0.3, 0.4) is 0 Å². The zero-order chi connectivity index (χ0) is 33.2.